The Kier molecular flexibility index (Phi) is 6.16. The fourth-order valence-electron chi connectivity index (χ4n) is 2.79. The highest BCUT2D eigenvalue weighted by Crippen LogP contribution is 2.32. The first kappa shape index (κ1) is 12.5. The van der Waals surface area contributed by atoms with Gasteiger partial charge in [-0.05, 0) is 31.1 Å². The molecule has 0 bridgehead atoms. The van der Waals surface area contributed by atoms with Crippen molar-refractivity contribution in [2.45, 2.75) is 70.0 Å². The van der Waals surface area contributed by atoms with Crippen LogP contribution in [0.2, 0.25) is 0 Å². The van der Waals surface area contributed by atoms with E-state index in [2.05, 4.69) is 29.8 Å². The summed E-state index contributed by atoms with van der Waals surface area (Å²) >= 11 is 3.81. The van der Waals surface area contributed by atoms with E-state index in [1.807, 2.05) is 0 Å². The molecule has 1 saturated carbocycles. The SMILES string of the molecule is CCCC(C)CC1CCCCC(Br)C1. The van der Waals surface area contributed by atoms with Crippen LogP contribution in [-0.2, 0) is 0 Å². The molecule has 0 aromatic carbocycles. The highest BCUT2D eigenvalue weighted by atomic mass is 79.9. The van der Waals surface area contributed by atoms with E-state index in [1.54, 1.807) is 0 Å². The van der Waals surface area contributed by atoms with Gasteiger partial charge in [-0.25, -0.2) is 0 Å². The third kappa shape index (κ3) is 4.82. The van der Waals surface area contributed by atoms with Crippen LogP contribution in [0.1, 0.15) is 65.2 Å². The van der Waals surface area contributed by atoms with Crippen molar-refractivity contribution < 1.29 is 0 Å². The van der Waals surface area contributed by atoms with Crippen molar-refractivity contribution in [2.24, 2.45) is 11.8 Å². The predicted octanol–water partition coefficient (Wildman–Crippen LogP) is 5.16. The van der Waals surface area contributed by atoms with Crippen LogP contribution in [-0.4, -0.2) is 4.83 Å². The summed E-state index contributed by atoms with van der Waals surface area (Å²) in [6, 6.07) is 0. The zero-order valence-electron chi connectivity index (χ0n) is 9.77. The predicted molar refractivity (Wildman–Crippen MR) is 68.0 cm³/mol. The van der Waals surface area contributed by atoms with Crippen molar-refractivity contribution in [2.75, 3.05) is 0 Å². The van der Waals surface area contributed by atoms with Crippen LogP contribution in [0, 0.1) is 11.8 Å². The number of alkyl halides is 1. The Bertz CT molecular complexity index is 144. The molecule has 1 rings (SSSR count). The standard InChI is InChI=1S/C13H25Br/c1-3-6-11(2)9-12-7-4-5-8-13(14)10-12/h11-13H,3-10H2,1-2H3. The third-order valence-electron chi connectivity index (χ3n) is 3.49. The molecule has 0 radical (unpaired) electrons. The third-order valence-corrected chi connectivity index (χ3v) is 4.32. The summed E-state index contributed by atoms with van der Waals surface area (Å²) in [5, 5.41) is 0. The second kappa shape index (κ2) is 6.87. The van der Waals surface area contributed by atoms with E-state index in [1.165, 1.54) is 51.4 Å². The fourth-order valence-corrected chi connectivity index (χ4v) is 3.64. The van der Waals surface area contributed by atoms with Gasteiger partial charge in [0.1, 0.15) is 0 Å². The molecule has 1 fully saturated rings. The first-order chi connectivity index (χ1) is 6.72. The first-order valence-corrected chi connectivity index (χ1v) is 7.28. The van der Waals surface area contributed by atoms with E-state index >= 15 is 0 Å². The van der Waals surface area contributed by atoms with Gasteiger partial charge in [-0.3, -0.25) is 0 Å². The average molecular weight is 261 g/mol. The average Bonchev–Trinajstić information content (AvgIpc) is 2.30. The van der Waals surface area contributed by atoms with Gasteiger partial charge >= 0.3 is 0 Å². The topological polar surface area (TPSA) is 0 Å². The summed E-state index contributed by atoms with van der Waals surface area (Å²) in [6.45, 7) is 4.73. The summed E-state index contributed by atoms with van der Waals surface area (Å²) in [4.78, 5) is 0.809. The second-order valence-electron chi connectivity index (χ2n) is 5.11. The zero-order valence-corrected chi connectivity index (χ0v) is 11.4. The van der Waals surface area contributed by atoms with Crippen molar-refractivity contribution in [3.05, 3.63) is 0 Å². The molecule has 0 amide bonds. The lowest BCUT2D eigenvalue weighted by atomic mass is 9.88. The maximum absolute atomic E-state index is 3.81. The molecule has 0 spiro atoms. The molecule has 0 saturated heterocycles. The molecule has 0 aliphatic heterocycles. The monoisotopic (exact) mass is 260 g/mol. The molecule has 0 nitrogen and oxygen atoms in total. The quantitative estimate of drug-likeness (QED) is 0.484. The van der Waals surface area contributed by atoms with Gasteiger partial charge in [0, 0.05) is 4.83 Å². The van der Waals surface area contributed by atoms with E-state index in [0.717, 1.165) is 16.7 Å². The maximum atomic E-state index is 3.81. The van der Waals surface area contributed by atoms with E-state index in [9.17, 15) is 0 Å². The van der Waals surface area contributed by atoms with Crippen molar-refractivity contribution >= 4 is 15.9 Å². The smallest absolute Gasteiger partial charge is 0.0148 e. The summed E-state index contributed by atoms with van der Waals surface area (Å²) in [5.41, 5.74) is 0. The van der Waals surface area contributed by atoms with Crippen LogP contribution in [0.5, 0.6) is 0 Å². The van der Waals surface area contributed by atoms with Crippen LogP contribution in [0.25, 0.3) is 0 Å². The number of halogens is 1. The molecule has 0 N–H and O–H groups in total. The molecule has 1 aliphatic rings. The highest BCUT2D eigenvalue weighted by Gasteiger charge is 2.19. The highest BCUT2D eigenvalue weighted by molar-refractivity contribution is 9.09. The largest absolute Gasteiger partial charge is 0.0891 e. The molecule has 0 aromatic heterocycles. The lowest BCUT2D eigenvalue weighted by molar-refractivity contribution is 0.343. The van der Waals surface area contributed by atoms with Crippen molar-refractivity contribution in [3.63, 3.8) is 0 Å². The Balaban J connectivity index is 2.27. The van der Waals surface area contributed by atoms with Gasteiger partial charge in [-0.1, -0.05) is 61.9 Å². The van der Waals surface area contributed by atoms with Gasteiger partial charge in [0.15, 0.2) is 0 Å². The molecular weight excluding hydrogens is 236 g/mol. The minimum atomic E-state index is 0.809. The number of hydrogen-bond acceptors (Lipinski definition) is 0. The van der Waals surface area contributed by atoms with Crippen molar-refractivity contribution in [1.82, 2.24) is 0 Å². The summed E-state index contributed by atoms with van der Waals surface area (Å²) in [6.07, 6.45) is 11.5. The lowest BCUT2D eigenvalue weighted by Crippen LogP contribution is -2.09. The molecular formula is C13H25Br. The molecule has 84 valence electrons. The Morgan fingerprint density at radius 1 is 1.29 bits per heavy atom. The molecule has 1 heteroatoms. The van der Waals surface area contributed by atoms with Crippen LogP contribution >= 0.6 is 15.9 Å². The van der Waals surface area contributed by atoms with E-state index < -0.39 is 0 Å². The molecule has 14 heavy (non-hydrogen) atoms. The Labute approximate surface area is 98.0 Å². The summed E-state index contributed by atoms with van der Waals surface area (Å²) < 4.78 is 0. The van der Waals surface area contributed by atoms with Crippen LogP contribution in [0.3, 0.4) is 0 Å². The first-order valence-electron chi connectivity index (χ1n) is 6.36. The Morgan fingerprint density at radius 3 is 2.71 bits per heavy atom. The van der Waals surface area contributed by atoms with Gasteiger partial charge in [-0.2, -0.15) is 0 Å². The van der Waals surface area contributed by atoms with Crippen molar-refractivity contribution in [3.8, 4) is 0 Å². The summed E-state index contributed by atoms with van der Waals surface area (Å²) in [7, 11) is 0. The fraction of sp³-hybridized carbons (Fsp3) is 1.00. The summed E-state index contributed by atoms with van der Waals surface area (Å²) in [5.74, 6) is 1.95. The maximum Gasteiger partial charge on any atom is 0.0148 e. The van der Waals surface area contributed by atoms with Gasteiger partial charge in [0.05, 0.1) is 0 Å². The molecule has 0 heterocycles. The van der Waals surface area contributed by atoms with E-state index in [-0.39, 0.29) is 0 Å². The van der Waals surface area contributed by atoms with E-state index in [4.69, 9.17) is 0 Å². The minimum absolute atomic E-state index is 0.809. The molecule has 0 aromatic rings. The minimum Gasteiger partial charge on any atom is -0.0891 e. The molecule has 1 aliphatic carbocycles. The normalized spacial score (nSPS) is 31.1. The zero-order chi connectivity index (χ0) is 10.4. The van der Waals surface area contributed by atoms with Gasteiger partial charge in [-0.15, -0.1) is 0 Å². The molecule has 3 unspecified atom stereocenters. The number of rotatable bonds is 4. The van der Waals surface area contributed by atoms with Gasteiger partial charge in [0.25, 0.3) is 0 Å². The Morgan fingerprint density at radius 2 is 2.00 bits per heavy atom. The Hall–Kier alpha value is 0.480. The van der Waals surface area contributed by atoms with Gasteiger partial charge < -0.3 is 0 Å². The van der Waals surface area contributed by atoms with Crippen LogP contribution in [0.4, 0.5) is 0 Å². The molecule has 3 atom stereocenters. The lowest BCUT2D eigenvalue weighted by Gasteiger charge is -2.20. The van der Waals surface area contributed by atoms with Crippen LogP contribution in [0.15, 0.2) is 0 Å². The van der Waals surface area contributed by atoms with Gasteiger partial charge in [0.2, 0.25) is 0 Å². The van der Waals surface area contributed by atoms with E-state index in [0.29, 0.717) is 0 Å². The van der Waals surface area contributed by atoms with Crippen LogP contribution < -0.4 is 0 Å². The second-order valence-corrected chi connectivity index (χ2v) is 6.41. The number of hydrogen-bond donors (Lipinski definition) is 0. The van der Waals surface area contributed by atoms with Crippen molar-refractivity contribution in [1.29, 1.82) is 0 Å².